The zero-order valence-corrected chi connectivity index (χ0v) is 6.12. The summed E-state index contributed by atoms with van der Waals surface area (Å²) in [5.41, 5.74) is 0. The second-order valence-electron chi connectivity index (χ2n) is 1.15. The largest absolute Gasteiger partial charge is 0.0608 e. The molecular formula is C5H4BrP. The Kier molecular flexibility index (Phi) is 1.84. The highest BCUT2D eigenvalue weighted by molar-refractivity contribution is 9.11. The SMILES string of the molecule is Brc1ccccp1. The summed E-state index contributed by atoms with van der Waals surface area (Å²) in [5.74, 6) is 2.09. The Morgan fingerprint density at radius 3 is 2.57 bits per heavy atom. The minimum absolute atomic E-state index is 1.23. The zero-order chi connectivity index (χ0) is 5.11. The maximum Gasteiger partial charge on any atom is 0.0447 e. The highest BCUT2D eigenvalue weighted by Gasteiger charge is 1.75. The van der Waals surface area contributed by atoms with Crippen molar-refractivity contribution < 1.29 is 0 Å². The molecule has 0 atom stereocenters. The van der Waals surface area contributed by atoms with Gasteiger partial charge < -0.3 is 0 Å². The molecule has 0 aliphatic rings. The van der Waals surface area contributed by atoms with Crippen LogP contribution in [-0.2, 0) is 0 Å². The Morgan fingerprint density at radius 1 is 1.43 bits per heavy atom. The van der Waals surface area contributed by atoms with E-state index in [9.17, 15) is 0 Å². The van der Waals surface area contributed by atoms with Crippen molar-refractivity contribution in [3.8, 4) is 0 Å². The van der Waals surface area contributed by atoms with Crippen LogP contribution in [0.4, 0.5) is 0 Å². The van der Waals surface area contributed by atoms with E-state index in [1.54, 1.807) is 0 Å². The molecule has 0 fully saturated rings. The van der Waals surface area contributed by atoms with Gasteiger partial charge in [0.1, 0.15) is 0 Å². The van der Waals surface area contributed by atoms with Crippen LogP contribution in [0.3, 0.4) is 0 Å². The van der Waals surface area contributed by atoms with E-state index >= 15 is 0 Å². The molecule has 0 saturated carbocycles. The van der Waals surface area contributed by atoms with Gasteiger partial charge in [-0.3, -0.25) is 0 Å². The van der Waals surface area contributed by atoms with Crippen LogP contribution in [-0.4, -0.2) is 0 Å². The molecule has 0 bridgehead atoms. The molecule has 1 rings (SSSR count). The van der Waals surface area contributed by atoms with Crippen LogP contribution in [0, 0.1) is 0 Å². The second kappa shape index (κ2) is 2.44. The first-order valence-corrected chi connectivity index (χ1v) is 3.72. The Hall–Kier alpha value is 0.130. The third kappa shape index (κ3) is 1.58. The molecule has 1 aromatic rings. The van der Waals surface area contributed by atoms with Gasteiger partial charge in [0.15, 0.2) is 0 Å². The van der Waals surface area contributed by atoms with E-state index in [4.69, 9.17) is 0 Å². The molecule has 7 heavy (non-hydrogen) atoms. The number of rotatable bonds is 0. The van der Waals surface area contributed by atoms with Crippen LogP contribution in [0.5, 0.6) is 0 Å². The average molecular weight is 175 g/mol. The third-order valence-electron chi connectivity index (χ3n) is 0.629. The van der Waals surface area contributed by atoms with E-state index in [0.29, 0.717) is 0 Å². The average Bonchev–Trinajstić information content (AvgIpc) is 1.69. The van der Waals surface area contributed by atoms with Gasteiger partial charge in [-0.05, 0) is 27.8 Å². The number of hydrogen-bond acceptors (Lipinski definition) is 0. The lowest BCUT2D eigenvalue weighted by Crippen LogP contribution is -1.47. The quantitative estimate of drug-likeness (QED) is 0.568. The smallest absolute Gasteiger partial charge is 0.0447 e. The summed E-state index contributed by atoms with van der Waals surface area (Å²) in [6, 6.07) is 6.09. The van der Waals surface area contributed by atoms with Crippen LogP contribution in [0.15, 0.2) is 28.2 Å². The minimum Gasteiger partial charge on any atom is -0.0608 e. The molecule has 0 amide bonds. The van der Waals surface area contributed by atoms with Gasteiger partial charge in [-0.1, -0.05) is 20.3 Å². The summed E-state index contributed by atoms with van der Waals surface area (Å²) in [5, 5.41) is 0. The normalized spacial score (nSPS) is 9.86. The summed E-state index contributed by atoms with van der Waals surface area (Å²) < 4.78 is 1.23. The van der Waals surface area contributed by atoms with E-state index in [0.717, 1.165) is 0 Å². The van der Waals surface area contributed by atoms with Crippen LogP contribution in [0.1, 0.15) is 0 Å². The molecule has 2 heteroatoms. The highest BCUT2D eigenvalue weighted by Crippen LogP contribution is 2.18. The molecule has 0 radical (unpaired) electrons. The van der Waals surface area contributed by atoms with Gasteiger partial charge in [-0.25, -0.2) is 0 Å². The lowest BCUT2D eigenvalue weighted by molar-refractivity contribution is 1.84. The molecule has 0 unspecified atom stereocenters. The second-order valence-corrected chi connectivity index (χ2v) is 3.66. The minimum atomic E-state index is 1.23. The molecule has 0 aliphatic heterocycles. The zero-order valence-electron chi connectivity index (χ0n) is 3.63. The van der Waals surface area contributed by atoms with E-state index in [1.165, 1.54) is 12.4 Å². The van der Waals surface area contributed by atoms with Crippen LogP contribution >= 0.6 is 24.1 Å². The van der Waals surface area contributed by atoms with Crippen LogP contribution in [0.2, 0.25) is 0 Å². The molecule has 0 aromatic carbocycles. The Balaban J connectivity index is 3.02. The van der Waals surface area contributed by atoms with Crippen LogP contribution < -0.4 is 0 Å². The van der Waals surface area contributed by atoms with Gasteiger partial charge in [0.25, 0.3) is 0 Å². The highest BCUT2D eigenvalue weighted by atomic mass is 79.9. The first-order chi connectivity index (χ1) is 3.39. The molecule has 0 saturated heterocycles. The van der Waals surface area contributed by atoms with Crippen molar-refractivity contribution >= 4 is 24.1 Å². The van der Waals surface area contributed by atoms with Crippen molar-refractivity contribution in [2.24, 2.45) is 0 Å². The lowest BCUT2D eigenvalue weighted by atomic mass is 10.6. The summed E-state index contributed by atoms with van der Waals surface area (Å²) in [7, 11) is 1.26. The van der Waals surface area contributed by atoms with E-state index in [1.807, 2.05) is 18.2 Å². The fourth-order valence-corrected chi connectivity index (χ4v) is 1.35. The lowest BCUT2D eigenvalue weighted by Gasteiger charge is -1.79. The monoisotopic (exact) mass is 174 g/mol. The summed E-state index contributed by atoms with van der Waals surface area (Å²) in [6.45, 7) is 0. The fraction of sp³-hybridized carbons (Fsp3) is 0. The van der Waals surface area contributed by atoms with Crippen molar-refractivity contribution in [1.82, 2.24) is 0 Å². The molecule has 0 aliphatic carbocycles. The molecule has 0 nitrogen and oxygen atoms in total. The van der Waals surface area contributed by atoms with E-state index in [-0.39, 0.29) is 0 Å². The fourth-order valence-electron chi connectivity index (χ4n) is 0.342. The summed E-state index contributed by atoms with van der Waals surface area (Å²) in [4.78, 5) is 0. The molecule has 1 aromatic heterocycles. The van der Waals surface area contributed by atoms with Gasteiger partial charge >= 0.3 is 0 Å². The van der Waals surface area contributed by atoms with Crippen LogP contribution in [0.25, 0.3) is 0 Å². The Morgan fingerprint density at radius 2 is 2.29 bits per heavy atom. The van der Waals surface area contributed by atoms with Gasteiger partial charge in [0.05, 0.1) is 0 Å². The third-order valence-corrected chi connectivity index (χ3v) is 2.22. The van der Waals surface area contributed by atoms with Gasteiger partial charge in [-0.15, -0.1) is 0 Å². The molecule has 36 valence electrons. The van der Waals surface area contributed by atoms with Crippen molar-refractivity contribution in [2.75, 3.05) is 0 Å². The topological polar surface area (TPSA) is 0 Å². The van der Waals surface area contributed by atoms with Crippen molar-refractivity contribution in [3.63, 3.8) is 0 Å². The van der Waals surface area contributed by atoms with E-state index < -0.39 is 0 Å². The molecule has 0 N–H and O–H groups in total. The first-order valence-electron chi connectivity index (χ1n) is 1.96. The Labute approximate surface area is 52.8 Å². The van der Waals surface area contributed by atoms with Crippen molar-refractivity contribution in [1.29, 1.82) is 0 Å². The standard InChI is InChI=1S/C5H4BrP/c6-5-3-1-2-4-7-5/h1-4H. The first kappa shape index (κ1) is 5.27. The van der Waals surface area contributed by atoms with Crippen molar-refractivity contribution in [3.05, 3.63) is 28.2 Å². The maximum absolute atomic E-state index is 3.35. The number of hydrogen-bond donors (Lipinski definition) is 0. The number of halogens is 1. The Bertz CT molecular complexity index is 138. The van der Waals surface area contributed by atoms with Crippen molar-refractivity contribution in [2.45, 2.75) is 0 Å². The molecular weight excluding hydrogens is 171 g/mol. The van der Waals surface area contributed by atoms with E-state index in [2.05, 4.69) is 21.7 Å². The molecule has 0 spiro atoms. The van der Waals surface area contributed by atoms with Gasteiger partial charge in [-0.2, -0.15) is 0 Å². The van der Waals surface area contributed by atoms with Gasteiger partial charge in [0, 0.05) is 4.20 Å². The predicted molar refractivity (Wildman–Crippen MR) is 36.7 cm³/mol. The molecule has 1 heterocycles. The summed E-state index contributed by atoms with van der Waals surface area (Å²) in [6.07, 6.45) is 0. The van der Waals surface area contributed by atoms with Gasteiger partial charge in [0.2, 0.25) is 0 Å². The summed E-state index contributed by atoms with van der Waals surface area (Å²) >= 11 is 3.35. The predicted octanol–water partition coefficient (Wildman–Crippen LogP) is 3.03. The maximum atomic E-state index is 3.35.